The third kappa shape index (κ3) is 9.52. The summed E-state index contributed by atoms with van der Waals surface area (Å²) in [5.41, 5.74) is 2.54. The van der Waals surface area contributed by atoms with Gasteiger partial charge in [-0.15, -0.1) is 90.0 Å². The van der Waals surface area contributed by atoms with Crippen molar-refractivity contribution in [3.05, 3.63) is 233 Å². The molecule has 0 aliphatic heterocycles. The maximum Gasteiger partial charge on any atom is 3.00 e. The van der Waals surface area contributed by atoms with Crippen molar-refractivity contribution in [1.82, 2.24) is 15.0 Å². The van der Waals surface area contributed by atoms with E-state index in [4.69, 9.17) is 4.42 Å². The van der Waals surface area contributed by atoms with Gasteiger partial charge in [0.2, 0.25) is 0 Å². The Kier molecular flexibility index (Phi) is 9.32. The molecular formula is C59H45FIrN3O. The normalized spacial score (nSPS) is 15.3. The van der Waals surface area contributed by atoms with E-state index in [1.807, 2.05) is 6.07 Å². The van der Waals surface area contributed by atoms with Crippen LogP contribution in [0.1, 0.15) is 61.0 Å². The predicted octanol–water partition coefficient (Wildman–Crippen LogP) is 13.9. The molecule has 4 nitrogen and oxygen atoms in total. The topological polar surface area (TPSA) is 51.8 Å². The molecule has 0 spiro atoms. The second kappa shape index (κ2) is 19.5. The molecular weight excluding hydrogens is 978 g/mol. The Morgan fingerprint density at radius 2 is 1.06 bits per heavy atom. The third-order valence-electron chi connectivity index (χ3n) is 10.8. The van der Waals surface area contributed by atoms with Gasteiger partial charge in [0.15, 0.2) is 0 Å². The van der Waals surface area contributed by atoms with Gasteiger partial charge in [-0.3, -0.25) is 0 Å². The van der Waals surface area contributed by atoms with Crippen molar-refractivity contribution in [2.24, 2.45) is 0 Å². The van der Waals surface area contributed by atoms with Crippen LogP contribution < -0.4 is 0 Å². The Morgan fingerprint density at radius 1 is 0.508 bits per heavy atom. The molecule has 0 radical (unpaired) electrons. The molecule has 4 aromatic heterocycles. The maximum absolute atomic E-state index is 15.5. The zero-order valence-corrected chi connectivity index (χ0v) is 37.4. The van der Waals surface area contributed by atoms with Gasteiger partial charge in [0.05, 0.1) is 11.1 Å². The Labute approximate surface area is 410 Å². The Hall–Kier alpha value is -6.85. The molecule has 0 amide bonds. The summed E-state index contributed by atoms with van der Waals surface area (Å²) in [4.78, 5) is 13.4. The number of hydrogen-bond acceptors (Lipinski definition) is 4. The number of benzene rings is 6. The van der Waals surface area contributed by atoms with E-state index in [0.717, 1.165) is 24.4 Å². The summed E-state index contributed by atoms with van der Waals surface area (Å²) in [5.74, 6) is -0.481. The van der Waals surface area contributed by atoms with E-state index < -0.39 is 60.7 Å². The van der Waals surface area contributed by atoms with Gasteiger partial charge in [-0.1, -0.05) is 94.9 Å². The molecule has 0 fully saturated rings. The average Bonchev–Trinajstić information content (AvgIpc) is 3.85. The monoisotopic (exact) mass is 1040 g/mol. The van der Waals surface area contributed by atoms with Crippen molar-refractivity contribution in [3.8, 4) is 44.9 Å². The SMILES string of the molecule is [2H]C([2H])(c1ccc(-c2[c-]ccc3c2oc2c(-c4ccccc4)c(F)ccc23)nc1)C([2H])([2H])c1cc(C([2H])([2H])C([2H])([2H])c2cnc(-c3[c-]cccc3)cc2C)cc(C([2H])([2H])C([2H])([2H])c2cnc(-c3[c-]cccc3)cc2C)c1.[Ir+3]. The van der Waals surface area contributed by atoms with Crippen LogP contribution in [-0.4, -0.2) is 15.0 Å². The fraction of sp³-hybridized carbons (Fsp3) is 0.136. The molecule has 10 aromatic rings. The van der Waals surface area contributed by atoms with Gasteiger partial charge in [0, 0.05) is 40.4 Å². The molecule has 0 aliphatic carbocycles. The minimum atomic E-state index is -3.16. The number of nitrogens with zero attached hydrogens (tertiary/aromatic N) is 3. The molecule has 0 unspecified atom stereocenters. The standard InChI is InChI=1S/C59H45FN3O.Ir/c1-39-31-55(45-13-6-3-7-14-45)62-37-48(39)26-23-43-33-42(34-44(35-43)24-27-49-38-63-56(32-40(49)2)46-15-8-4-9-16-46)22-21-41-25-30-54(61-36-41)52-20-12-19-50-51-28-29-53(60)57(59(51)64-58(50)52)47-17-10-5-11-18-47;/h3-13,15,17-19,25,28-38H,21-24,26-27H2,1-2H3;/q-3;+3/i21D2,22D2,23D2,24D2,26D2,27D2;. The molecule has 318 valence electrons. The van der Waals surface area contributed by atoms with E-state index in [2.05, 4.69) is 33.2 Å². The van der Waals surface area contributed by atoms with Crippen LogP contribution in [0.5, 0.6) is 0 Å². The first kappa shape index (κ1) is 31.1. The van der Waals surface area contributed by atoms with E-state index >= 15 is 4.39 Å². The number of halogens is 1. The average molecular weight is 1040 g/mol. The van der Waals surface area contributed by atoms with Crippen molar-refractivity contribution < 1.29 is 45.4 Å². The maximum atomic E-state index is 15.5. The van der Waals surface area contributed by atoms with Gasteiger partial charge >= 0.3 is 20.1 Å². The summed E-state index contributed by atoms with van der Waals surface area (Å²) in [7, 11) is 0. The first-order valence-electron chi connectivity index (χ1n) is 26.6. The second-order valence-corrected chi connectivity index (χ2v) is 15.2. The minimum absolute atomic E-state index is 0. The molecule has 6 heteroatoms. The number of aryl methyl sites for hydroxylation is 8. The van der Waals surface area contributed by atoms with Crippen LogP contribution in [0.3, 0.4) is 0 Å². The van der Waals surface area contributed by atoms with E-state index in [1.165, 1.54) is 30.6 Å². The molecule has 0 saturated carbocycles. The second-order valence-electron chi connectivity index (χ2n) is 15.2. The summed E-state index contributed by atoms with van der Waals surface area (Å²) >= 11 is 0. The van der Waals surface area contributed by atoms with E-state index in [-0.39, 0.29) is 48.1 Å². The fourth-order valence-electron chi connectivity index (χ4n) is 7.50. The van der Waals surface area contributed by atoms with Crippen molar-refractivity contribution in [1.29, 1.82) is 0 Å². The molecule has 0 atom stereocenters. The number of hydrogen-bond donors (Lipinski definition) is 0. The van der Waals surface area contributed by atoms with Crippen LogP contribution >= 0.6 is 0 Å². The van der Waals surface area contributed by atoms with Gasteiger partial charge in [-0.05, 0) is 120 Å². The van der Waals surface area contributed by atoms with Crippen molar-refractivity contribution >= 4 is 21.9 Å². The number of pyridine rings is 3. The predicted molar refractivity (Wildman–Crippen MR) is 256 cm³/mol. The van der Waals surface area contributed by atoms with Crippen LogP contribution in [0.25, 0.3) is 66.8 Å². The molecule has 0 bridgehead atoms. The zero-order chi connectivity index (χ0) is 54.2. The quantitative estimate of drug-likeness (QED) is 0.108. The fourth-order valence-corrected chi connectivity index (χ4v) is 7.50. The van der Waals surface area contributed by atoms with E-state index in [0.29, 0.717) is 66.7 Å². The summed E-state index contributed by atoms with van der Waals surface area (Å²) in [5, 5.41) is 1.28. The molecule has 0 aliphatic rings. The number of furan rings is 1. The number of aromatic nitrogens is 3. The minimum Gasteiger partial charge on any atom is -0.500 e. The Bertz CT molecular complexity index is 3690. The van der Waals surface area contributed by atoms with Gasteiger partial charge in [-0.25, -0.2) is 4.39 Å². The van der Waals surface area contributed by atoms with Gasteiger partial charge in [0.25, 0.3) is 0 Å². The van der Waals surface area contributed by atoms with Crippen LogP contribution in [-0.2, 0) is 58.3 Å². The molecule has 4 heterocycles. The van der Waals surface area contributed by atoms with Gasteiger partial charge in [-0.2, -0.15) is 0 Å². The summed E-state index contributed by atoms with van der Waals surface area (Å²) in [6, 6.07) is 47.6. The zero-order valence-electron chi connectivity index (χ0n) is 47.0. The van der Waals surface area contributed by atoms with Crippen molar-refractivity contribution in [2.45, 2.75) is 52.1 Å². The Morgan fingerprint density at radius 3 is 1.62 bits per heavy atom. The van der Waals surface area contributed by atoms with Crippen molar-refractivity contribution in [2.75, 3.05) is 0 Å². The molecule has 65 heavy (non-hydrogen) atoms. The molecule has 0 saturated heterocycles. The van der Waals surface area contributed by atoms with Crippen LogP contribution in [0.4, 0.5) is 4.39 Å². The van der Waals surface area contributed by atoms with Crippen LogP contribution in [0.2, 0.25) is 0 Å². The van der Waals surface area contributed by atoms with Crippen LogP contribution in [0.15, 0.2) is 169 Å². The first-order chi connectivity index (χ1) is 36.0. The Balaban J connectivity index is 0.00000722. The van der Waals surface area contributed by atoms with E-state index in [9.17, 15) is 16.4 Å². The van der Waals surface area contributed by atoms with Crippen molar-refractivity contribution in [3.63, 3.8) is 0 Å². The third-order valence-corrected chi connectivity index (χ3v) is 10.8. The number of fused-ring (bicyclic) bond motifs is 3. The van der Waals surface area contributed by atoms with E-state index in [1.54, 1.807) is 117 Å². The summed E-state index contributed by atoms with van der Waals surface area (Å²) < 4.78 is 136. The molecule has 10 rings (SSSR count). The summed E-state index contributed by atoms with van der Waals surface area (Å²) in [6.45, 7) is 3.18. The van der Waals surface area contributed by atoms with Gasteiger partial charge in [0.1, 0.15) is 11.4 Å². The number of rotatable bonds is 13. The molecule has 6 aromatic carbocycles. The summed E-state index contributed by atoms with van der Waals surface area (Å²) in [6.07, 6.45) is -14.8. The van der Waals surface area contributed by atoms with Gasteiger partial charge < -0.3 is 19.4 Å². The first-order valence-corrected chi connectivity index (χ1v) is 20.6. The van der Waals surface area contributed by atoms with Crippen LogP contribution in [0, 0.1) is 37.9 Å². The largest absolute Gasteiger partial charge is 3.00 e. The smallest absolute Gasteiger partial charge is 0.500 e. The molecule has 0 N–H and O–H groups in total.